The standard InChI is InChI=1S/C27H35Cl2N3O6S/c1-5-23(27(34)30-15-18(3)4)31(16-19-7-8-20(28)13-22(19)29)26(33)17-32(39(35,36)6-2)21-9-10-24-25(14-21)38-12-11-37-24/h7-10,13-14,18,23H,5-6,11-12,15-17H2,1-4H3,(H,30,34). The minimum atomic E-state index is -3.88. The number of amides is 2. The number of ether oxygens (including phenoxy) is 2. The molecule has 0 fully saturated rings. The Bertz CT molecular complexity index is 1290. The first-order valence-electron chi connectivity index (χ1n) is 12.9. The van der Waals surface area contributed by atoms with E-state index in [2.05, 4.69) is 5.32 Å². The Kier molecular flexibility index (Phi) is 10.7. The third-order valence-electron chi connectivity index (χ3n) is 6.22. The summed E-state index contributed by atoms with van der Waals surface area (Å²) < 4.78 is 38.6. The van der Waals surface area contributed by atoms with E-state index in [4.69, 9.17) is 32.7 Å². The van der Waals surface area contributed by atoms with E-state index in [-0.39, 0.29) is 29.8 Å². The molecule has 1 heterocycles. The Hall–Kier alpha value is -2.69. The molecule has 1 N–H and O–H groups in total. The number of sulfonamides is 1. The van der Waals surface area contributed by atoms with Crippen LogP contribution in [0, 0.1) is 5.92 Å². The average molecular weight is 601 g/mol. The van der Waals surface area contributed by atoms with Crippen LogP contribution in [0.15, 0.2) is 36.4 Å². The SMILES string of the molecule is CCC(C(=O)NCC(C)C)N(Cc1ccc(Cl)cc1Cl)C(=O)CN(c1ccc2c(c1)OCCO2)S(=O)(=O)CC. The van der Waals surface area contributed by atoms with Gasteiger partial charge in [-0.3, -0.25) is 13.9 Å². The molecule has 1 aliphatic heterocycles. The summed E-state index contributed by atoms with van der Waals surface area (Å²) in [6.07, 6.45) is 0.311. The molecular weight excluding hydrogens is 565 g/mol. The molecule has 0 radical (unpaired) electrons. The minimum absolute atomic E-state index is 0.0103. The second-order valence-corrected chi connectivity index (χ2v) is 12.6. The van der Waals surface area contributed by atoms with Gasteiger partial charge >= 0.3 is 0 Å². The summed E-state index contributed by atoms with van der Waals surface area (Å²) >= 11 is 12.5. The fourth-order valence-corrected chi connectivity index (χ4v) is 5.60. The van der Waals surface area contributed by atoms with Crippen LogP contribution < -0.4 is 19.1 Å². The predicted molar refractivity (Wildman–Crippen MR) is 153 cm³/mol. The first-order valence-corrected chi connectivity index (χ1v) is 15.2. The van der Waals surface area contributed by atoms with Crippen LogP contribution >= 0.6 is 23.2 Å². The van der Waals surface area contributed by atoms with Gasteiger partial charge in [-0.25, -0.2) is 8.42 Å². The minimum Gasteiger partial charge on any atom is -0.486 e. The third-order valence-corrected chi connectivity index (χ3v) is 8.55. The predicted octanol–water partition coefficient (Wildman–Crippen LogP) is 4.50. The van der Waals surface area contributed by atoms with E-state index < -0.39 is 28.5 Å². The summed E-state index contributed by atoms with van der Waals surface area (Å²) in [5.41, 5.74) is 0.838. The van der Waals surface area contributed by atoms with Crippen molar-refractivity contribution in [1.29, 1.82) is 0 Å². The molecule has 12 heteroatoms. The van der Waals surface area contributed by atoms with E-state index in [1.165, 1.54) is 11.8 Å². The highest BCUT2D eigenvalue weighted by Crippen LogP contribution is 2.35. The lowest BCUT2D eigenvalue weighted by Crippen LogP contribution is -2.52. The van der Waals surface area contributed by atoms with E-state index in [0.29, 0.717) is 53.3 Å². The lowest BCUT2D eigenvalue weighted by Gasteiger charge is -2.33. The molecule has 214 valence electrons. The maximum absolute atomic E-state index is 13.9. The van der Waals surface area contributed by atoms with Crippen LogP contribution in [0.1, 0.15) is 39.7 Å². The number of nitrogens with zero attached hydrogens (tertiary/aromatic N) is 2. The number of fused-ring (bicyclic) bond motifs is 1. The van der Waals surface area contributed by atoms with Gasteiger partial charge in [0, 0.05) is 29.2 Å². The molecule has 9 nitrogen and oxygen atoms in total. The van der Waals surface area contributed by atoms with Crippen molar-refractivity contribution in [2.75, 3.05) is 36.4 Å². The van der Waals surface area contributed by atoms with Crippen LogP contribution in [0.3, 0.4) is 0 Å². The van der Waals surface area contributed by atoms with Gasteiger partial charge in [0.1, 0.15) is 25.8 Å². The van der Waals surface area contributed by atoms with E-state index in [1.54, 1.807) is 43.3 Å². The Morgan fingerprint density at radius 2 is 1.72 bits per heavy atom. The van der Waals surface area contributed by atoms with Crippen LogP contribution in [0.4, 0.5) is 5.69 Å². The summed E-state index contributed by atoms with van der Waals surface area (Å²) in [5, 5.41) is 3.66. The molecule has 0 saturated carbocycles. The second kappa shape index (κ2) is 13.6. The number of anilines is 1. The molecule has 2 aromatic rings. The highest BCUT2D eigenvalue weighted by molar-refractivity contribution is 7.92. The normalized spacial score (nSPS) is 13.6. The molecule has 2 amide bonds. The average Bonchev–Trinajstić information content (AvgIpc) is 2.91. The molecule has 39 heavy (non-hydrogen) atoms. The van der Waals surface area contributed by atoms with Crippen molar-refractivity contribution >= 4 is 50.7 Å². The van der Waals surface area contributed by atoms with Crippen molar-refractivity contribution in [3.05, 3.63) is 52.0 Å². The number of hydrogen-bond donors (Lipinski definition) is 1. The zero-order valence-corrected chi connectivity index (χ0v) is 24.9. The second-order valence-electron chi connectivity index (χ2n) is 9.56. The van der Waals surface area contributed by atoms with Gasteiger partial charge in [-0.2, -0.15) is 0 Å². The van der Waals surface area contributed by atoms with Gasteiger partial charge in [0.25, 0.3) is 0 Å². The third kappa shape index (κ3) is 7.93. The summed E-state index contributed by atoms with van der Waals surface area (Å²) in [6, 6.07) is 8.77. The molecule has 0 saturated heterocycles. The molecule has 0 spiro atoms. The maximum atomic E-state index is 13.9. The summed E-state index contributed by atoms with van der Waals surface area (Å²) in [4.78, 5) is 28.5. The lowest BCUT2D eigenvalue weighted by molar-refractivity contribution is -0.140. The van der Waals surface area contributed by atoms with E-state index in [1.807, 2.05) is 13.8 Å². The van der Waals surface area contributed by atoms with Crippen LogP contribution in [-0.4, -0.2) is 63.2 Å². The van der Waals surface area contributed by atoms with Gasteiger partial charge in [-0.1, -0.05) is 50.0 Å². The fraction of sp³-hybridized carbons (Fsp3) is 0.481. The Labute approximate surface area is 240 Å². The molecule has 0 aliphatic carbocycles. The number of nitrogens with one attached hydrogen (secondary N) is 1. The van der Waals surface area contributed by atoms with Gasteiger partial charge in [0.15, 0.2) is 11.5 Å². The van der Waals surface area contributed by atoms with Crippen molar-refractivity contribution in [2.45, 2.75) is 46.7 Å². The number of halogens is 2. The number of carbonyl (C=O) groups excluding carboxylic acids is 2. The smallest absolute Gasteiger partial charge is 0.244 e. The van der Waals surface area contributed by atoms with Crippen LogP contribution in [-0.2, 0) is 26.2 Å². The highest BCUT2D eigenvalue weighted by Gasteiger charge is 2.33. The Balaban J connectivity index is 1.99. The summed E-state index contributed by atoms with van der Waals surface area (Å²) in [7, 11) is -3.88. The van der Waals surface area contributed by atoms with Crippen molar-refractivity contribution in [3.63, 3.8) is 0 Å². The van der Waals surface area contributed by atoms with Crippen molar-refractivity contribution in [1.82, 2.24) is 10.2 Å². The zero-order valence-electron chi connectivity index (χ0n) is 22.6. The number of rotatable bonds is 12. The number of hydrogen-bond acceptors (Lipinski definition) is 6. The first kappa shape index (κ1) is 30.8. The first-order chi connectivity index (χ1) is 18.5. The largest absolute Gasteiger partial charge is 0.486 e. The molecular formula is C27H35Cl2N3O6S. The van der Waals surface area contributed by atoms with Gasteiger partial charge in [0.2, 0.25) is 21.8 Å². The van der Waals surface area contributed by atoms with Crippen LogP contribution in [0.25, 0.3) is 0 Å². The fourth-order valence-electron chi connectivity index (χ4n) is 4.08. The van der Waals surface area contributed by atoms with E-state index in [9.17, 15) is 18.0 Å². The van der Waals surface area contributed by atoms with E-state index in [0.717, 1.165) is 4.31 Å². The molecule has 1 aliphatic rings. The Morgan fingerprint density at radius 3 is 2.33 bits per heavy atom. The van der Waals surface area contributed by atoms with Gasteiger partial charge < -0.3 is 19.7 Å². The number of carbonyl (C=O) groups is 2. The Morgan fingerprint density at radius 1 is 1.03 bits per heavy atom. The van der Waals surface area contributed by atoms with Crippen molar-refractivity contribution in [2.24, 2.45) is 5.92 Å². The van der Waals surface area contributed by atoms with Gasteiger partial charge in [-0.05, 0) is 49.1 Å². The van der Waals surface area contributed by atoms with Crippen molar-refractivity contribution in [3.8, 4) is 11.5 Å². The zero-order chi connectivity index (χ0) is 28.7. The molecule has 2 aromatic carbocycles. The maximum Gasteiger partial charge on any atom is 0.244 e. The number of benzene rings is 2. The quantitative estimate of drug-likeness (QED) is 0.385. The summed E-state index contributed by atoms with van der Waals surface area (Å²) in [6.45, 7) is 7.87. The molecule has 3 rings (SSSR count). The molecule has 0 bridgehead atoms. The monoisotopic (exact) mass is 599 g/mol. The van der Waals surface area contributed by atoms with Crippen LogP contribution in [0.5, 0.6) is 11.5 Å². The molecule has 1 unspecified atom stereocenters. The summed E-state index contributed by atoms with van der Waals surface area (Å²) in [5.74, 6) is -0.0111. The van der Waals surface area contributed by atoms with Gasteiger partial charge in [0.05, 0.1) is 11.4 Å². The molecule has 0 aromatic heterocycles. The van der Waals surface area contributed by atoms with Crippen molar-refractivity contribution < 1.29 is 27.5 Å². The van der Waals surface area contributed by atoms with Gasteiger partial charge in [-0.15, -0.1) is 0 Å². The topological polar surface area (TPSA) is 105 Å². The van der Waals surface area contributed by atoms with E-state index >= 15 is 0 Å². The van der Waals surface area contributed by atoms with Crippen LogP contribution in [0.2, 0.25) is 10.0 Å². The lowest BCUT2D eigenvalue weighted by atomic mass is 10.1. The molecule has 1 atom stereocenters. The highest BCUT2D eigenvalue weighted by atomic mass is 35.5.